The molecule has 0 aromatic heterocycles. The van der Waals surface area contributed by atoms with E-state index >= 15 is 0 Å². The molecule has 1 unspecified atom stereocenters. The molecule has 2 aromatic carbocycles. The van der Waals surface area contributed by atoms with E-state index in [4.69, 9.17) is 4.74 Å². The van der Waals surface area contributed by atoms with Crippen LogP contribution in [0.25, 0.3) is 0 Å². The second kappa shape index (κ2) is 7.26. The summed E-state index contributed by atoms with van der Waals surface area (Å²) in [6.07, 6.45) is 0. The fourth-order valence-electron chi connectivity index (χ4n) is 1.86. The van der Waals surface area contributed by atoms with Crippen LogP contribution in [0.1, 0.15) is 17.3 Å². The zero-order valence-corrected chi connectivity index (χ0v) is 12.5. The number of hydrogen-bond donors (Lipinski definition) is 2. The third-order valence-electron chi connectivity index (χ3n) is 3.13. The average Bonchev–Trinajstić information content (AvgIpc) is 2.56. The van der Waals surface area contributed by atoms with Gasteiger partial charge in [-0.15, -0.1) is 0 Å². The summed E-state index contributed by atoms with van der Waals surface area (Å²) in [5.74, 6) is 0.149. The van der Waals surface area contributed by atoms with E-state index in [1.807, 2.05) is 6.07 Å². The van der Waals surface area contributed by atoms with Gasteiger partial charge in [-0.3, -0.25) is 9.59 Å². The quantitative estimate of drug-likeness (QED) is 0.891. The molecule has 0 aliphatic carbocycles. The molecule has 22 heavy (non-hydrogen) atoms. The van der Waals surface area contributed by atoms with Crippen LogP contribution in [0.15, 0.2) is 54.6 Å². The predicted octanol–water partition coefficient (Wildman–Crippen LogP) is 2.45. The lowest BCUT2D eigenvalue weighted by Gasteiger charge is -2.14. The average molecular weight is 298 g/mol. The number of carbonyl (C=O) groups is 2. The summed E-state index contributed by atoms with van der Waals surface area (Å²) >= 11 is 0. The summed E-state index contributed by atoms with van der Waals surface area (Å²) in [6, 6.07) is 15.1. The van der Waals surface area contributed by atoms with Crippen molar-refractivity contribution in [3.63, 3.8) is 0 Å². The first kappa shape index (κ1) is 15.6. The Balaban J connectivity index is 1.92. The zero-order chi connectivity index (χ0) is 15.9. The van der Waals surface area contributed by atoms with Crippen molar-refractivity contribution < 1.29 is 14.3 Å². The third-order valence-corrected chi connectivity index (χ3v) is 3.13. The molecule has 0 radical (unpaired) electrons. The summed E-state index contributed by atoms with van der Waals surface area (Å²) in [4.78, 5) is 24.1. The lowest BCUT2D eigenvalue weighted by molar-refractivity contribution is -0.117. The minimum Gasteiger partial charge on any atom is -0.497 e. The number of rotatable bonds is 5. The maximum absolute atomic E-state index is 12.1. The molecule has 0 heterocycles. The van der Waals surface area contributed by atoms with Crippen LogP contribution in [0.5, 0.6) is 5.75 Å². The molecule has 0 saturated carbocycles. The van der Waals surface area contributed by atoms with E-state index in [0.717, 1.165) is 0 Å². The molecule has 0 aliphatic heterocycles. The highest BCUT2D eigenvalue weighted by Gasteiger charge is 2.16. The fraction of sp³-hybridized carbons (Fsp3) is 0.176. The van der Waals surface area contributed by atoms with Gasteiger partial charge in [0.25, 0.3) is 5.91 Å². The molecule has 0 fully saturated rings. The number of nitrogens with one attached hydrogen (secondary N) is 2. The first-order chi connectivity index (χ1) is 10.6. The van der Waals surface area contributed by atoms with E-state index < -0.39 is 6.04 Å². The lowest BCUT2D eigenvalue weighted by Crippen LogP contribution is -2.41. The van der Waals surface area contributed by atoms with E-state index in [0.29, 0.717) is 17.0 Å². The molecule has 2 N–H and O–H groups in total. The predicted molar refractivity (Wildman–Crippen MR) is 85.0 cm³/mol. The van der Waals surface area contributed by atoms with Crippen LogP contribution in [0.3, 0.4) is 0 Å². The smallest absolute Gasteiger partial charge is 0.251 e. The van der Waals surface area contributed by atoms with Crippen molar-refractivity contribution in [2.45, 2.75) is 13.0 Å². The molecule has 5 nitrogen and oxygen atoms in total. The highest BCUT2D eigenvalue weighted by molar-refractivity contribution is 6.00. The summed E-state index contributed by atoms with van der Waals surface area (Å²) in [6.45, 7) is 1.64. The van der Waals surface area contributed by atoms with E-state index in [2.05, 4.69) is 10.6 Å². The topological polar surface area (TPSA) is 67.4 Å². The van der Waals surface area contributed by atoms with Crippen LogP contribution < -0.4 is 15.4 Å². The molecule has 0 saturated heterocycles. The Morgan fingerprint density at radius 3 is 2.23 bits per heavy atom. The molecule has 0 spiro atoms. The Kier molecular flexibility index (Phi) is 5.14. The van der Waals surface area contributed by atoms with E-state index in [1.165, 1.54) is 0 Å². The van der Waals surface area contributed by atoms with Gasteiger partial charge in [0.2, 0.25) is 5.91 Å². The highest BCUT2D eigenvalue weighted by Crippen LogP contribution is 2.15. The molecule has 2 amide bonds. The van der Waals surface area contributed by atoms with Gasteiger partial charge < -0.3 is 15.4 Å². The van der Waals surface area contributed by atoms with Gasteiger partial charge in [-0.25, -0.2) is 0 Å². The molecule has 1 atom stereocenters. The van der Waals surface area contributed by atoms with Crippen molar-refractivity contribution in [2.24, 2.45) is 0 Å². The van der Waals surface area contributed by atoms with Gasteiger partial charge in [-0.1, -0.05) is 18.2 Å². The van der Waals surface area contributed by atoms with Gasteiger partial charge in [0, 0.05) is 11.3 Å². The fourth-order valence-corrected chi connectivity index (χ4v) is 1.86. The molecule has 0 aliphatic rings. The van der Waals surface area contributed by atoms with Gasteiger partial charge in [-0.05, 0) is 43.3 Å². The Hall–Kier alpha value is -2.82. The van der Waals surface area contributed by atoms with Gasteiger partial charge in [0.05, 0.1) is 7.11 Å². The minimum absolute atomic E-state index is 0.280. The Bertz CT molecular complexity index is 639. The van der Waals surface area contributed by atoms with Crippen LogP contribution in [0, 0.1) is 0 Å². The van der Waals surface area contributed by atoms with Crippen molar-refractivity contribution in [2.75, 3.05) is 12.4 Å². The molecule has 2 rings (SSSR count). The van der Waals surface area contributed by atoms with Gasteiger partial charge >= 0.3 is 0 Å². The SMILES string of the molecule is COc1ccc(NC(=O)C(C)NC(=O)c2ccccc2)cc1. The first-order valence-corrected chi connectivity index (χ1v) is 6.91. The summed E-state index contributed by atoms with van der Waals surface area (Å²) < 4.78 is 5.05. The monoisotopic (exact) mass is 298 g/mol. The lowest BCUT2D eigenvalue weighted by atomic mass is 10.2. The third kappa shape index (κ3) is 4.09. The van der Waals surface area contributed by atoms with E-state index in [9.17, 15) is 9.59 Å². The van der Waals surface area contributed by atoms with Crippen LogP contribution in [0.2, 0.25) is 0 Å². The summed E-state index contributed by atoms with van der Waals surface area (Å²) in [7, 11) is 1.58. The number of carbonyl (C=O) groups excluding carboxylic acids is 2. The van der Waals surface area contributed by atoms with E-state index in [-0.39, 0.29) is 11.8 Å². The van der Waals surface area contributed by atoms with Crippen molar-refractivity contribution >= 4 is 17.5 Å². The summed E-state index contributed by atoms with van der Waals surface area (Å²) in [5.41, 5.74) is 1.17. The van der Waals surface area contributed by atoms with Crippen molar-refractivity contribution in [3.8, 4) is 5.75 Å². The second-order valence-corrected chi connectivity index (χ2v) is 4.78. The Morgan fingerprint density at radius 1 is 1.00 bits per heavy atom. The minimum atomic E-state index is -0.644. The van der Waals surface area contributed by atoms with Gasteiger partial charge in [0.1, 0.15) is 11.8 Å². The molecule has 114 valence electrons. The maximum Gasteiger partial charge on any atom is 0.251 e. The maximum atomic E-state index is 12.1. The van der Waals surface area contributed by atoms with Crippen molar-refractivity contribution in [1.29, 1.82) is 0 Å². The Morgan fingerprint density at radius 2 is 1.64 bits per heavy atom. The number of amides is 2. The highest BCUT2D eigenvalue weighted by atomic mass is 16.5. The van der Waals surface area contributed by atoms with Crippen LogP contribution >= 0.6 is 0 Å². The number of hydrogen-bond acceptors (Lipinski definition) is 3. The van der Waals surface area contributed by atoms with Crippen LogP contribution in [-0.4, -0.2) is 25.0 Å². The normalized spacial score (nSPS) is 11.4. The standard InChI is InChI=1S/C17H18N2O3/c1-12(18-17(21)13-6-4-3-5-7-13)16(20)19-14-8-10-15(22-2)11-9-14/h3-12H,1-2H3,(H,18,21)(H,19,20). The Labute approximate surface area is 129 Å². The number of methoxy groups -OCH3 is 1. The zero-order valence-electron chi connectivity index (χ0n) is 12.5. The van der Waals surface area contributed by atoms with E-state index in [1.54, 1.807) is 62.6 Å². The second-order valence-electron chi connectivity index (χ2n) is 4.78. The molecule has 2 aromatic rings. The van der Waals surface area contributed by atoms with Gasteiger partial charge in [0.15, 0.2) is 0 Å². The number of ether oxygens (including phenoxy) is 1. The van der Waals surface area contributed by atoms with Crippen LogP contribution in [0.4, 0.5) is 5.69 Å². The van der Waals surface area contributed by atoms with Crippen molar-refractivity contribution in [1.82, 2.24) is 5.32 Å². The first-order valence-electron chi connectivity index (χ1n) is 6.91. The largest absolute Gasteiger partial charge is 0.497 e. The molecular formula is C17H18N2O3. The molecular weight excluding hydrogens is 280 g/mol. The molecule has 5 heteroatoms. The van der Waals surface area contributed by atoms with Crippen LogP contribution in [-0.2, 0) is 4.79 Å². The number of anilines is 1. The summed E-state index contributed by atoms with van der Waals surface area (Å²) in [5, 5.41) is 5.40. The van der Waals surface area contributed by atoms with Gasteiger partial charge in [-0.2, -0.15) is 0 Å². The molecule has 0 bridgehead atoms. The van der Waals surface area contributed by atoms with Crippen molar-refractivity contribution in [3.05, 3.63) is 60.2 Å². The number of benzene rings is 2.